The van der Waals surface area contributed by atoms with E-state index in [9.17, 15) is 4.79 Å². The summed E-state index contributed by atoms with van der Waals surface area (Å²) < 4.78 is 2.26. The Labute approximate surface area is 117 Å². The van der Waals surface area contributed by atoms with Crippen molar-refractivity contribution in [2.24, 2.45) is 5.10 Å². The summed E-state index contributed by atoms with van der Waals surface area (Å²) in [6.45, 7) is 5.48. The number of hydrogen-bond acceptors (Lipinski definition) is 3. The molecule has 2 rings (SSSR count). The molecule has 0 aliphatic heterocycles. The number of hydrogen-bond donors (Lipinski definition) is 0. The average molecular weight is 274 g/mol. The highest BCUT2D eigenvalue weighted by Crippen LogP contribution is 2.15. The fraction of sp³-hybridized carbons (Fsp3) is 0.467. The van der Waals surface area contributed by atoms with E-state index in [1.165, 1.54) is 11.3 Å². The van der Waals surface area contributed by atoms with Gasteiger partial charge in [0.1, 0.15) is 5.78 Å². The largest absolute Gasteiger partial charge is 0.324 e. The van der Waals surface area contributed by atoms with E-state index >= 15 is 0 Å². The van der Waals surface area contributed by atoms with Gasteiger partial charge >= 0.3 is 0 Å². The first-order chi connectivity index (χ1) is 9.15. The maximum atomic E-state index is 11.3. The first-order valence-electron chi connectivity index (χ1n) is 7.04. The molecular weight excluding hydrogens is 252 g/mol. The SMILES string of the molecule is C[SiH](C)N(Cc1ccccc1)N=C1CCC(=O)CC1. The molecule has 0 bridgehead atoms. The Morgan fingerprint density at radius 2 is 1.74 bits per heavy atom. The Morgan fingerprint density at radius 1 is 1.11 bits per heavy atom. The maximum absolute atomic E-state index is 11.3. The second-order valence-corrected chi connectivity index (χ2v) is 8.17. The van der Waals surface area contributed by atoms with Crippen LogP contribution < -0.4 is 0 Å². The number of Topliss-reactive ketones (excluding diaryl/α,β-unsaturated/α-hetero) is 1. The van der Waals surface area contributed by atoms with Crippen LogP contribution in [0.3, 0.4) is 0 Å². The zero-order chi connectivity index (χ0) is 13.7. The number of rotatable bonds is 4. The zero-order valence-electron chi connectivity index (χ0n) is 11.8. The fourth-order valence-corrected chi connectivity index (χ4v) is 3.17. The summed E-state index contributed by atoms with van der Waals surface area (Å²) in [5.74, 6) is 0.385. The quantitative estimate of drug-likeness (QED) is 0.624. The lowest BCUT2D eigenvalue weighted by atomic mass is 9.97. The molecule has 0 aromatic heterocycles. The van der Waals surface area contributed by atoms with Gasteiger partial charge in [0, 0.05) is 18.6 Å². The summed E-state index contributed by atoms with van der Waals surface area (Å²) in [7, 11) is -0.981. The summed E-state index contributed by atoms with van der Waals surface area (Å²) in [5.41, 5.74) is 2.51. The summed E-state index contributed by atoms with van der Waals surface area (Å²) >= 11 is 0. The molecule has 1 fully saturated rings. The third-order valence-electron chi connectivity index (χ3n) is 3.44. The smallest absolute Gasteiger partial charge is 0.157 e. The molecule has 0 amide bonds. The first-order valence-corrected chi connectivity index (χ1v) is 9.86. The molecule has 0 unspecified atom stereocenters. The van der Waals surface area contributed by atoms with Gasteiger partial charge in [-0.25, -0.2) is 0 Å². The van der Waals surface area contributed by atoms with Crippen LogP contribution in [0.15, 0.2) is 35.4 Å². The van der Waals surface area contributed by atoms with E-state index in [1.54, 1.807) is 0 Å². The molecule has 0 N–H and O–H groups in total. The number of carbonyl (C=O) groups excluding carboxylic acids is 1. The maximum Gasteiger partial charge on any atom is 0.157 e. The van der Waals surface area contributed by atoms with Crippen LogP contribution in [0.4, 0.5) is 0 Å². The number of benzene rings is 1. The Bertz CT molecular complexity index is 444. The van der Waals surface area contributed by atoms with Crippen LogP contribution in [0.1, 0.15) is 31.2 Å². The topological polar surface area (TPSA) is 32.7 Å². The molecule has 19 heavy (non-hydrogen) atoms. The first kappa shape index (κ1) is 14.0. The molecule has 0 radical (unpaired) electrons. The zero-order valence-corrected chi connectivity index (χ0v) is 13.0. The van der Waals surface area contributed by atoms with Gasteiger partial charge in [-0.2, -0.15) is 5.10 Å². The van der Waals surface area contributed by atoms with Crippen LogP contribution in [-0.2, 0) is 11.3 Å². The molecule has 4 heteroatoms. The molecule has 0 spiro atoms. The molecule has 1 saturated carbocycles. The van der Waals surface area contributed by atoms with Crippen LogP contribution in [-0.4, -0.2) is 25.1 Å². The molecule has 1 aliphatic carbocycles. The van der Waals surface area contributed by atoms with Crippen LogP contribution >= 0.6 is 0 Å². The standard InChI is InChI=1S/C15H22N2OSi/c1-19(2)17(12-13-6-4-3-5-7-13)16-14-8-10-15(18)11-9-14/h3-7,19H,8-12H2,1-2H3. The van der Waals surface area contributed by atoms with Crippen LogP contribution in [0, 0.1) is 0 Å². The summed E-state index contributed by atoms with van der Waals surface area (Å²) in [6, 6.07) is 10.5. The highest BCUT2D eigenvalue weighted by atomic mass is 28.3. The molecule has 0 heterocycles. The van der Waals surface area contributed by atoms with Crippen molar-refractivity contribution in [2.75, 3.05) is 0 Å². The van der Waals surface area contributed by atoms with Crippen molar-refractivity contribution < 1.29 is 4.79 Å². The van der Waals surface area contributed by atoms with Gasteiger partial charge in [-0.15, -0.1) is 0 Å². The molecule has 102 valence electrons. The molecule has 0 atom stereocenters. The lowest BCUT2D eigenvalue weighted by Crippen LogP contribution is -2.31. The highest BCUT2D eigenvalue weighted by molar-refractivity contribution is 6.52. The minimum Gasteiger partial charge on any atom is -0.324 e. The van der Waals surface area contributed by atoms with Crippen molar-refractivity contribution >= 4 is 20.5 Å². The van der Waals surface area contributed by atoms with Crippen molar-refractivity contribution in [1.29, 1.82) is 0 Å². The van der Waals surface area contributed by atoms with E-state index in [-0.39, 0.29) is 0 Å². The van der Waals surface area contributed by atoms with Crippen LogP contribution in [0.5, 0.6) is 0 Å². The molecule has 1 aromatic carbocycles. The van der Waals surface area contributed by atoms with E-state index < -0.39 is 8.96 Å². The third-order valence-corrected chi connectivity index (χ3v) is 4.93. The number of nitrogens with zero attached hydrogens (tertiary/aromatic N) is 2. The van der Waals surface area contributed by atoms with Crippen molar-refractivity contribution in [1.82, 2.24) is 4.67 Å². The normalized spacial score (nSPS) is 15.7. The Kier molecular flexibility index (Phi) is 4.91. The second kappa shape index (κ2) is 6.66. The van der Waals surface area contributed by atoms with Gasteiger partial charge in [-0.3, -0.25) is 4.79 Å². The van der Waals surface area contributed by atoms with Crippen molar-refractivity contribution in [3.63, 3.8) is 0 Å². The molecule has 1 aromatic rings. The summed E-state index contributed by atoms with van der Waals surface area (Å²) in [5, 5.41) is 4.82. The number of hydrazone groups is 1. The van der Waals surface area contributed by atoms with Crippen molar-refractivity contribution in [3.05, 3.63) is 35.9 Å². The lowest BCUT2D eigenvalue weighted by Gasteiger charge is -2.25. The Hall–Kier alpha value is -1.42. The molecular formula is C15H22N2OSi. The van der Waals surface area contributed by atoms with Gasteiger partial charge < -0.3 is 4.67 Å². The van der Waals surface area contributed by atoms with E-state index in [0.717, 1.165) is 19.4 Å². The molecule has 3 nitrogen and oxygen atoms in total. The minimum atomic E-state index is -0.981. The van der Waals surface area contributed by atoms with E-state index in [1.807, 2.05) is 6.07 Å². The van der Waals surface area contributed by atoms with Crippen LogP contribution in [0.25, 0.3) is 0 Å². The highest BCUT2D eigenvalue weighted by Gasteiger charge is 2.16. The molecule has 0 saturated heterocycles. The van der Waals surface area contributed by atoms with Gasteiger partial charge in [0.05, 0.1) is 6.54 Å². The minimum absolute atomic E-state index is 0.385. The van der Waals surface area contributed by atoms with Crippen molar-refractivity contribution in [2.45, 2.75) is 45.3 Å². The van der Waals surface area contributed by atoms with E-state index in [0.29, 0.717) is 18.6 Å². The van der Waals surface area contributed by atoms with Gasteiger partial charge in [-0.1, -0.05) is 43.4 Å². The Balaban J connectivity index is 2.04. The van der Waals surface area contributed by atoms with E-state index in [4.69, 9.17) is 5.10 Å². The summed E-state index contributed by atoms with van der Waals surface area (Å²) in [4.78, 5) is 11.3. The predicted molar refractivity (Wildman–Crippen MR) is 81.8 cm³/mol. The number of carbonyl (C=O) groups is 1. The monoisotopic (exact) mass is 274 g/mol. The van der Waals surface area contributed by atoms with Gasteiger partial charge in [-0.05, 0) is 18.4 Å². The predicted octanol–water partition coefficient (Wildman–Crippen LogP) is 2.97. The third kappa shape index (κ3) is 4.31. The van der Waals surface area contributed by atoms with Gasteiger partial charge in [0.2, 0.25) is 0 Å². The second-order valence-electron chi connectivity index (χ2n) is 5.38. The lowest BCUT2D eigenvalue weighted by molar-refractivity contribution is -0.119. The van der Waals surface area contributed by atoms with Crippen LogP contribution in [0.2, 0.25) is 13.1 Å². The summed E-state index contributed by atoms with van der Waals surface area (Å²) in [6.07, 6.45) is 3.06. The van der Waals surface area contributed by atoms with Gasteiger partial charge in [0.15, 0.2) is 8.96 Å². The fourth-order valence-electron chi connectivity index (χ4n) is 2.20. The van der Waals surface area contributed by atoms with Crippen molar-refractivity contribution in [3.8, 4) is 0 Å². The van der Waals surface area contributed by atoms with Gasteiger partial charge in [0.25, 0.3) is 0 Å². The van der Waals surface area contributed by atoms with E-state index in [2.05, 4.69) is 42.0 Å². The Morgan fingerprint density at radius 3 is 2.32 bits per heavy atom. The molecule has 1 aliphatic rings. The average Bonchev–Trinajstić information content (AvgIpc) is 2.41. The number of ketones is 1.